The average molecular weight is 216 g/mol. The Morgan fingerprint density at radius 3 is 2.75 bits per heavy atom. The highest BCUT2D eigenvalue weighted by Crippen LogP contribution is 2.14. The fourth-order valence-electron chi connectivity index (χ4n) is 1.93. The van der Waals surface area contributed by atoms with E-state index in [1.165, 1.54) is 0 Å². The molecule has 1 aromatic heterocycles. The quantitative estimate of drug-likeness (QED) is 0.851. The zero-order valence-corrected chi connectivity index (χ0v) is 9.44. The van der Waals surface area contributed by atoms with Gasteiger partial charge in [-0.2, -0.15) is 0 Å². The molecule has 2 N–H and O–H groups in total. The van der Waals surface area contributed by atoms with Gasteiger partial charge in [0.2, 0.25) is 0 Å². The van der Waals surface area contributed by atoms with Crippen LogP contribution in [0.3, 0.4) is 0 Å². The predicted octanol–water partition coefficient (Wildman–Crippen LogP) is 1.87. The van der Waals surface area contributed by atoms with Crippen LogP contribution in [-0.4, -0.2) is 4.57 Å². The van der Waals surface area contributed by atoms with Crippen molar-refractivity contribution in [3.05, 3.63) is 46.2 Å². The molecule has 2 aromatic rings. The van der Waals surface area contributed by atoms with Gasteiger partial charge in [0, 0.05) is 19.2 Å². The molecule has 1 aromatic carbocycles. The number of pyridine rings is 1. The summed E-state index contributed by atoms with van der Waals surface area (Å²) in [6.07, 6.45) is 0.956. The zero-order valence-electron chi connectivity index (χ0n) is 9.44. The second-order valence-corrected chi connectivity index (χ2v) is 3.92. The highest BCUT2D eigenvalue weighted by Gasteiger charge is 2.02. The molecule has 0 radical (unpaired) electrons. The lowest BCUT2D eigenvalue weighted by atomic mass is 10.1. The van der Waals surface area contributed by atoms with E-state index >= 15 is 0 Å². The molecule has 0 aliphatic carbocycles. The van der Waals surface area contributed by atoms with Crippen molar-refractivity contribution in [1.82, 2.24) is 4.57 Å². The summed E-state index contributed by atoms with van der Waals surface area (Å²) in [4.78, 5) is 11.7. The third-order valence-electron chi connectivity index (χ3n) is 2.74. The fourth-order valence-corrected chi connectivity index (χ4v) is 1.93. The largest absolute Gasteiger partial charge is 0.326 e. The van der Waals surface area contributed by atoms with Crippen LogP contribution < -0.4 is 11.3 Å². The number of benzene rings is 1. The van der Waals surface area contributed by atoms with Gasteiger partial charge in [0.05, 0.1) is 5.52 Å². The Bertz CT molecular complexity index is 557. The lowest BCUT2D eigenvalue weighted by Gasteiger charge is -2.09. The van der Waals surface area contributed by atoms with Crippen LogP contribution >= 0.6 is 0 Å². The van der Waals surface area contributed by atoms with Gasteiger partial charge in [0.15, 0.2) is 0 Å². The Morgan fingerprint density at radius 2 is 2.06 bits per heavy atom. The number of hydrogen-bond acceptors (Lipinski definition) is 2. The molecule has 0 saturated heterocycles. The molecule has 0 bridgehead atoms. The van der Waals surface area contributed by atoms with E-state index in [9.17, 15) is 4.79 Å². The lowest BCUT2D eigenvalue weighted by molar-refractivity contribution is 0.678. The number of aryl methyl sites for hydroxylation is 1. The van der Waals surface area contributed by atoms with Crippen LogP contribution in [0.2, 0.25) is 0 Å². The molecule has 16 heavy (non-hydrogen) atoms. The van der Waals surface area contributed by atoms with Crippen LogP contribution in [0.15, 0.2) is 35.1 Å². The van der Waals surface area contributed by atoms with Crippen molar-refractivity contribution in [3.63, 3.8) is 0 Å². The summed E-state index contributed by atoms with van der Waals surface area (Å²) < 4.78 is 1.82. The van der Waals surface area contributed by atoms with Crippen molar-refractivity contribution in [2.45, 2.75) is 26.4 Å². The first-order chi connectivity index (χ1) is 7.76. The maximum Gasteiger partial charge on any atom is 0.251 e. The molecular formula is C13H16N2O. The SMILES string of the molecule is CCCn1c(=O)ccc2cc(CN)ccc21. The molecule has 3 heteroatoms. The van der Waals surface area contributed by atoms with Gasteiger partial charge in [-0.15, -0.1) is 0 Å². The van der Waals surface area contributed by atoms with Crippen LogP contribution in [0.1, 0.15) is 18.9 Å². The van der Waals surface area contributed by atoms with E-state index in [2.05, 4.69) is 6.92 Å². The predicted molar refractivity (Wildman–Crippen MR) is 66.4 cm³/mol. The Hall–Kier alpha value is -1.61. The van der Waals surface area contributed by atoms with E-state index in [-0.39, 0.29) is 5.56 Å². The van der Waals surface area contributed by atoms with Gasteiger partial charge < -0.3 is 10.3 Å². The van der Waals surface area contributed by atoms with E-state index in [1.807, 2.05) is 28.8 Å². The fraction of sp³-hybridized carbons (Fsp3) is 0.308. The third kappa shape index (κ3) is 1.86. The Kier molecular flexibility index (Phi) is 3.06. The van der Waals surface area contributed by atoms with Gasteiger partial charge in [-0.1, -0.05) is 13.0 Å². The number of aromatic nitrogens is 1. The van der Waals surface area contributed by atoms with Crippen LogP contribution in [0.25, 0.3) is 10.9 Å². The van der Waals surface area contributed by atoms with Gasteiger partial charge in [-0.05, 0) is 35.6 Å². The number of nitrogens with zero attached hydrogens (tertiary/aromatic N) is 1. The van der Waals surface area contributed by atoms with Gasteiger partial charge >= 0.3 is 0 Å². The van der Waals surface area contributed by atoms with E-state index in [0.29, 0.717) is 6.54 Å². The summed E-state index contributed by atoms with van der Waals surface area (Å²) in [5.74, 6) is 0. The first-order valence-electron chi connectivity index (χ1n) is 5.59. The molecule has 0 atom stereocenters. The van der Waals surface area contributed by atoms with E-state index in [1.54, 1.807) is 6.07 Å². The molecule has 0 unspecified atom stereocenters. The van der Waals surface area contributed by atoms with Gasteiger partial charge in [0.1, 0.15) is 0 Å². The van der Waals surface area contributed by atoms with Crippen molar-refractivity contribution in [2.75, 3.05) is 0 Å². The van der Waals surface area contributed by atoms with E-state index in [0.717, 1.165) is 29.4 Å². The minimum Gasteiger partial charge on any atom is -0.326 e. The average Bonchev–Trinajstić information content (AvgIpc) is 2.32. The number of hydrogen-bond donors (Lipinski definition) is 1. The lowest BCUT2D eigenvalue weighted by Crippen LogP contribution is -2.19. The molecule has 84 valence electrons. The third-order valence-corrected chi connectivity index (χ3v) is 2.74. The van der Waals surface area contributed by atoms with Crippen LogP contribution in [-0.2, 0) is 13.1 Å². The van der Waals surface area contributed by atoms with E-state index < -0.39 is 0 Å². The molecule has 0 amide bonds. The molecule has 0 aliphatic heterocycles. The summed E-state index contributed by atoms with van der Waals surface area (Å²) in [6.45, 7) is 3.36. The van der Waals surface area contributed by atoms with Crippen molar-refractivity contribution >= 4 is 10.9 Å². The van der Waals surface area contributed by atoms with Gasteiger partial charge in [-0.3, -0.25) is 4.79 Å². The minimum absolute atomic E-state index is 0.0647. The molecule has 0 fully saturated rings. The maximum absolute atomic E-state index is 11.7. The molecular weight excluding hydrogens is 200 g/mol. The highest BCUT2D eigenvalue weighted by molar-refractivity contribution is 5.79. The number of nitrogens with two attached hydrogens (primary N) is 1. The molecule has 0 saturated carbocycles. The Balaban J connectivity index is 2.68. The van der Waals surface area contributed by atoms with Gasteiger partial charge in [-0.25, -0.2) is 0 Å². The first-order valence-corrected chi connectivity index (χ1v) is 5.59. The molecule has 0 aliphatic rings. The monoisotopic (exact) mass is 216 g/mol. The summed E-state index contributed by atoms with van der Waals surface area (Å²) in [7, 11) is 0. The van der Waals surface area contributed by atoms with Crippen molar-refractivity contribution in [3.8, 4) is 0 Å². The summed E-state index contributed by atoms with van der Waals surface area (Å²) in [5.41, 5.74) is 7.75. The Morgan fingerprint density at radius 1 is 1.25 bits per heavy atom. The maximum atomic E-state index is 11.7. The van der Waals surface area contributed by atoms with Gasteiger partial charge in [0.25, 0.3) is 5.56 Å². The zero-order chi connectivity index (χ0) is 11.5. The Labute approximate surface area is 94.5 Å². The second-order valence-electron chi connectivity index (χ2n) is 3.92. The minimum atomic E-state index is 0.0647. The molecule has 3 nitrogen and oxygen atoms in total. The normalized spacial score (nSPS) is 10.9. The molecule has 0 spiro atoms. The summed E-state index contributed by atoms with van der Waals surface area (Å²) >= 11 is 0. The van der Waals surface area contributed by atoms with Crippen molar-refractivity contribution in [2.24, 2.45) is 5.73 Å². The molecule has 1 heterocycles. The van der Waals surface area contributed by atoms with Crippen LogP contribution in [0, 0.1) is 0 Å². The van der Waals surface area contributed by atoms with Crippen LogP contribution in [0.4, 0.5) is 0 Å². The smallest absolute Gasteiger partial charge is 0.251 e. The molecule has 2 rings (SSSR count). The standard InChI is InChI=1S/C13H16N2O/c1-2-7-15-12-5-3-10(9-14)8-11(12)4-6-13(15)16/h3-6,8H,2,7,9,14H2,1H3. The van der Waals surface area contributed by atoms with E-state index in [4.69, 9.17) is 5.73 Å². The number of rotatable bonds is 3. The van der Waals surface area contributed by atoms with Crippen molar-refractivity contribution < 1.29 is 0 Å². The summed E-state index contributed by atoms with van der Waals surface area (Å²) in [5, 5.41) is 1.08. The first kappa shape index (κ1) is 10.9. The topological polar surface area (TPSA) is 48.0 Å². The van der Waals surface area contributed by atoms with Crippen molar-refractivity contribution in [1.29, 1.82) is 0 Å². The second kappa shape index (κ2) is 4.49. The highest BCUT2D eigenvalue weighted by atomic mass is 16.1. The van der Waals surface area contributed by atoms with Crippen LogP contribution in [0.5, 0.6) is 0 Å². The summed E-state index contributed by atoms with van der Waals surface area (Å²) in [6, 6.07) is 9.49. The number of fused-ring (bicyclic) bond motifs is 1.